The highest BCUT2D eigenvalue weighted by Crippen LogP contribution is 2.36. The number of nitriles is 1. The minimum Gasteiger partial charge on any atom is -0.366 e. The maximum absolute atomic E-state index is 12.1. The van der Waals surface area contributed by atoms with E-state index in [9.17, 15) is 10.1 Å². The van der Waals surface area contributed by atoms with Crippen LogP contribution in [0.3, 0.4) is 0 Å². The second kappa shape index (κ2) is 6.19. The lowest BCUT2D eigenvalue weighted by molar-refractivity contribution is 0.100. The summed E-state index contributed by atoms with van der Waals surface area (Å²) in [5.74, 6) is -0.512. The van der Waals surface area contributed by atoms with E-state index in [0.29, 0.717) is 16.7 Å². The first kappa shape index (κ1) is 15.6. The van der Waals surface area contributed by atoms with Gasteiger partial charge in [-0.05, 0) is 35.4 Å². The fraction of sp³-hybridized carbons (Fsp3) is 0. The summed E-state index contributed by atoms with van der Waals surface area (Å²) in [6.45, 7) is 0. The predicted molar refractivity (Wildman–Crippen MR) is 99.3 cm³/mol. The van der Waals surface area contributed by atoms with Gasteiger partial charge in [-0.25, -0.2) is 4.98 Å². The van der Waals surface area contributed by atoms with Crippen molar-refractivity contribution in [1.29, 1.82) is 5.26 Å². The van der Waals surface area contributed by atoms with E-state index in [2.05, 4.69) is 11.1 Å². The van der Waals surface area contributed by atoms with Gasteiger partial charge in [-0.15, -0.1) is 0 Å². The lowest BCUT2D eigenvalue weighted by atomic mass is 9.89. The molecule has 0 saturated carbocycles. The SMILES string of the molecule is N#Cc1ccccc1-c1cccc(C(N)=O)c1-c1ccc2nccn2c1. The highest BCUT2D eigenvalue weighted by molar-refractivity contribution is 6.04. The monoisotopic (exact) mass is 338 g/mol. The molecule has 2 aromatic carbocycles. The van der Waals surface area contributed by atoms with Crippen LogP contribution in [-0.2, 0) is 0 Å². The molecule has 4 rings (SSSR count). The zero-order valence-electron chi connectivity index (χ0n) is 13.8. The smallest absolute Gasteiger partial charge is 0.249 e. The Balaban J connectivity index is 2.06. The van der Waals surface area contributed by atoms with Crippen LogP contribution in [0, 0.1) is 11.3 Å². The largest absolute Gasteiger partial charge is 0.366 e. The lowest BCUT2D eigenvalue weighted by Gasteiger charge is -2.15. The summed E-state index contributed by atoms with van der Waals surface area (Å²) in [7, 11) is 0. The molecular formula is C21H14N4O. The van der Waals surface area contributed by atoms with Crippen LogP contribution in [0.4, 0.5) is 0 Å². The first-order valence-electron chi connectivity index (χ1n) is 8.04. The van der Waals surface area contributed by atoms with Gasteiger partial charge in [0.15, 0.2) is 0 Å². The average molecular weight is 338 g/mol. The summed E-state index contributed by atoms with van der Waals surface area (Å²) in [6, 6.07) is 18.7. The third-order valence-electron chi connectivity index (χ3n) is 4.35. The average Bonchev–Trinajstić information content (AvgIpc) is 3.15. The Bertz CT molecular complexity index is 1180. The van der Waals surface area contributed by atoms with Gasteiger partial charge in [-0.2, -0.15) is 5.26 Å². The van der Waals surface area contributed by atoms with Gasteiger partial charge >= 0.3 is 0 Å². The van der Waals surface area contributed by atoms with Crippen LogP contribution in [0.5, 0.6) is 0 Å². The van der Waals surface area contributed by atoms with Crippen molar-refractivity contribution in [1.82, 2.24) is 9.38 Å². The molecule has 2 N–H and O–H groups in total. The van der Waals surface area contributed by atoms with E-state index in [0.717, 1.165) is 22.3 Å². The molecule has 2 aromatic heterocycles. The Morgan fingerprint density at radius 2 is 1.85 bits per heavy atom. The molecule has 0 spiro atoms. The van der Waals surface area contributed by atoms with Gasteiger partial charge < -0.3 is 10.1 Å². The molecule has 0 aliphatic carbocycles. The molecule has 0 bridgehead atoms. The van der Waals surface area contributed by atoms with Crippen LogP contribution in [0.2, 0.25) is 0 Å². The zero-order chi connectivity index (χ0) is 18.1. The molecule has 0 fully saturated rings. The van der Waals surface area contributed by atoms with E-state index in [1.807, 2.05) is 53.2 Å². The number of pyridine rings is 1. The molecule has 0 unspecified atom stereocenters. The van der Waals surface area contributed by atoms with Crippen LogP contribution >= 0.6 is 0 Å². The van der Waals surface area contributed by atoms with Crippen molar-refractivity contribution in [2.45, 2.75) is 0 Å². The second-order valence-electron chi connectivity index (χ2n) is 5.86. The van der Waals surface area contributed by atoms with Crippen molar-refractivity contribution in [2.75, 3.05) is 0 Å². The summed E-state index contributed by atoms with van der Waals surface area (Å²) in [5.41, 5.74) is 10.5. The van der Waals surface area contributed by atoms with E-state index in [-0.39, 0.29) is 0 Å². The number of fused-ring (bicyclic) bond motifs is 1. The second-order valence-corrected chi connectivity index (χ2v) is 5.86. The Morgan fingerprint density at radius 3 is 2.65 bits per heavy atom. The Kier molecular flexibility index (Phi) is 3.71. The fourth-order valence-electron chi connectivity index (χ4n) is 3.18. The van der Waals surface area contributed by atoms with E-state index in [1.165, 1.54) is 0 Å². The summed E-state index contributed by atoms with van der Waals surface area (Å²) in [5, 5.41) is 9.48. The van der Waals surface area contributed by atoms with Crippen LogP contribution in [-0.4, -0.2) is 15.3 Å². The summed E-state index contributed by atoms with van der Waals surface area (Å²) < 4.78 is 1.88. The molecule has 26 heavy (non-hydrogen) atoms. The zero-order valence-corrected chi connectivity index (χ0v) is 13.8. The maximum atomic E-state index is 12.1. The molecule has 0 radical (unpaired) electrons. The molecule has 124 valence electrons. The molecule has 2 heterocycles. The minimum atomic E-state index is -0.512. The van der Waals surface area contributed by atoms with Crippen LogP contribution in [0.15, 0.2) is 73.2 Å². The standard InChI is InChI=1S/C21H14N4O/c22-12-14-4-1-2-5-16(14)17-6-3-7-18(21(23)26)20(17)15-8-9-19-24-10-11-25(19)13-15/h1-11,13H,(H2,23,26). The number of carbonyl (C=O) groups is 1. The number of nitrogens with zero attached hydrogens (tertiary/aromatic N) is 3. The molecule has 0 saturated heterocycles. The van der Waals surface area contributed by atoms with E-state index < -0.39 is 5.91 Å². The Hall–Kier alpha value is -3.91. The van der Waals surface area contributed by atoms with Gasteiger partial charge in [0.2, 0.25) is 5.91 Å². The number of imidazole rings is 1. The van der Waals surface area contributed by atoms with Crippen molar-refractivity contribution in [2.24, 2.45) is 5.73 Å². The third-order valence-corrected chi connectivity index (χ3v) is 4.35. The van der Waals surface area contributed by atoms with E-state index in [1.54, 1.807) is 24.4 Å². The van der Waals surface area contributed by atoms with Crippen molar-refractivity contribution in [3.8, 4) is 28.3 Å². The number of nitrogens with two attached hydrogens (primary N) is 1. The molecule has 1 amide bonds. The lowest BCUT2D eigenvalue weighted by Crippen LogP contribution is -2.13. The quantitative estimate of drug-likeness (QED) is 0.619. The van der Waals surface area contributed by atoms with Crippen molar-refractivity contribution < 1.29 is 4.79 Å². The molecule has 0 aliphatic rings. The number of rotatable bonds is 3. The van der Waals surface area contributed by atoms with Gasteiger partial charge in [-0.3, -0.25) is 4.79 Å². The van der Waals surface area contributed by atoms with Gasteiger partial charge in [0.25, 0.3) is 0 Å². The van der Waals surface area contributed by atoms with Crippen LogP contribution in [0.1, 0.15) is 15.9 Å². The normalized spacial score (nSPS) is 10.6. The van der Waals surface area contributed by atoms with Crippen LogP contribution < -0.4 is 5.73 Å². The first-order chi connectivity index (χ1) is 12.7. The molecule has 0 aliphatic heterocycles. The third kappa shape index (κ3) is 2.50. The number of aromatic nitrogens is 2. The summed E-state index contributed by atoms with van der Waals surface area (Å²) >= 11 is 0. The highest BCUT2D eigenvalue weighted by Gasteiger charge is 2.18. The molecule has 5 heteroatoms. The molecule has 4 aromatic rings. The molecular weight excluding hydrogens is 324 g/mol. The minimum absolute atomic E-state index is 0.412. The van der Waals surface area contributed by atoms with Crippen molar-refractivity contribution >= 4 is 11.6 Å². The fourth-order valence-corrected chi connectivity index (χ4v) is 3.18. The number of amides is 1. The van der Waals surface area contributed by atoms with Crippen molar-refractivity contribution in [3.05, 3.63) is 84.3 Å². The van der Waals surface area contributed by atoms with Crippen molar-refractivity contribution in [3.63, 3.8) is 0 Å². The van der Waals surface area contributed by atoms with E-state index >= 15 is 0 Å². The topological polar surface area (TPSA) is 84.2 Å². The number of carbonyl (C=O) groups excluding carboxylic acids is 1. The number of hydrogen-bond acceptors (Lipinski definition) is 3. The summed E-state index contributed by atoms with van der Waals surface area (Å²) in [4.78, 5) is 16.3. The number of hydrogen-bond donors (Lipinski definition) is 1. The maximum Gasteiger partial charge on any atom is 0.249 e. The molecule has 5 nitrogen and oxygen atoms in total. The Morgan fingerprint density at radius 1 is 1.04 bits per heavy atom. The predicted octanol–water partition coefficient (Wildman–Crippen LogP) is 3.64. The molecule has 0 atom stereocenters. The van der Waals surface area contributed by atoms with Gasteiger partial charge in [0.1, 0.15) is 5.65 Å². The van der Waals surface area contributed by atoms with Gasteiger partial charge in [-0.1, -0.05) is 30.3 Å². The van der Waals surface area contributed by atoms with E-state index in [4.69, 9.17) is 5.73 Å². The summed E-state index contributed by atoms with van der Waals surface area (Å²) in [6.07, 6.45) is 5.46. The Labute approximate surface area is 150 Å². The highest BCUT2D eigenvalue weighted by atomic mass is 16.1. The van der Waals surface area contributed by atoms with Gasteiger partial charge in [0, 0.05) is 35.3 Å². The van der Waals surface area contributed by atoms with Crippen LogP contribution in [0.25, 0.3) is 27.9 Å². The first-order valence-corrected chi connectivity index (χ1v) is 8.04. The number of primary amides is 1. The van der Waals surface area contributed by atoms with Gasteiger partial charge in [0.05, 0.1) is 11.6 Å². The number of benzene rings is 2.